The Morgan fingerprint density at radius 3 is 2.49 bits per heavy atom. The van der Waals surface area contributed by atoms with Crippen LogP contribution in [0.4, 0.5) is 11.4 Å². The van der Waals surface area contributed by atoms with Gasteiger partial charge in [-0.25, -0.2) is 0 Å². The van der Waals surface area contributed by atoms with E-state index >= 15 is 0 Å². The van der Waals surface area contributed by atoms with Crippen molar-refractivity contribution in [3.63, 3.8) is 0 Å². The van der Waals surface area contributed by atoms with Crippen molar-refractivity contribution in [3.05, 3.63) is 93.5 Å². The topological polar surface area (TPSA) is 84.9 Å². The summed E-state index contributed by atoms with van der Waals surface area (Å²) in [6.07, 6.45) is 0.316. The smallest absolute Gasteiger partial charge is 0.256 e. The van der Waals surface area contributed by atoms with E-state index in [2.05, 4.69) is 15.5 Å². The molecule has 192 valence electrons. The van der Waals surface area contributed by atoms with Crippen LogP contribution in [0.2, 0.25) is 10.0 Å². The number of hydrogen-bond donors (Lipinski definition) is 3. The lowest BCUT2D eigenvalue weighted by Crippen LogP contribution is -2.49. The summed E-state index contributed by atoms with van der Waals surface area (Å²) >= 11 is 12.5. The number of hydrogen-bond acceptors (Lipinski definition) is 5. The van der Waals surface area contributed by atoms with Gasteiger partial charge in [-0.15, -0.1) is 0 Å². The van der Waals surface area contributed by atoms with Gasteiger partial charge in [-0.3, -0.25) is 14.5 Å². The Labute approximate surface area is 226 Å². The number of fused-ring (bicyclic) bond motifs is 1. The minimum atomic E-state index is -1.18. The van der Waals surface area contributed by atoms with Crippen LogP contribution in [0.5, 0.6) is 0 Å². The van der Waals surface area contributed by atoms with Gasteiger partial charge in [0.2, 0.25) is 0 Å². The van der Waals surface area contributed by atoms with Gasteiger partial charge in [0.05, 0.1) is 12.2 Å². The predicted molar refractivity (Wildman–Crippen MR) is 146 cm³/mol. The molecule has 1 unspecified atom stereocenters. The molecule has 5 rings (SSSR count). The average Bonchev–Trinajstić information content (AvgIpc) is 3.14. The van der Waals surface area contributed by atoms with Gasteiger partial charge in [-0.2, -0.15) is 0 Å². The van der Waals surface area contributed by atoms with E-state index in [1.807, 2.05) is 47.4 Å². The Bertz CT molecular complexity index is 1330. The number of piperazine rings is 1. The fraction of sp³-hybridized carbons (Fsp3) is 0.286. The third-order valence-electron chi connectivity index (χ3n) is 7.02. The molecule has 0 bridgehead atoms. The Morgan fingerprint density at radius 2 is 1.73 bits per heavy atom. The third-order valence-corrected chi connectivity index (χ3v) is 7.49. The minimum Gasteiger partial charge on any atom is -0.395 e. The van der Waals surface area contributed by atoms with Crippen LogP contribution in [-0.2, 0) is 16.8 Å². The number of carbonyl (C=O) groups excluding carboxylic acids is 2. The van der Waals surface area contributed by atoms with Crippen molar-refractivity contribution < 1.29 is 14.7 Å². The molecule has 2 aliphatic rings. The van der Waals surface area contributed by atoms with E-state index in [1.165, 1.54) is 0 Å². The quantitative estimate of drug-likeness (QED) is 0.418. The first-order chi connectivity index (χ1) is 17.9. The number of carbonyl (C=O) groups is 2. The van der Waals surface area contributed by atoms with Crippen molar-refractivity contribution in [3.8, 4) is 0 Å². The predicted octanol–water partition coefficient (Wildman–Crippen LogP) is 4.25. The fourth-order valence-electron chi connectivity index (χ4n) is 5.14. The number of halogens is 2. The molecular formula is C28H28Cl2N4O3. The molecule has 0 spiro atoms. The number of aliphatic hydroxyl groups excluding tert-OH is 1. The number of aliphatic hydroxyl groups is 1. The largest absolute Gasteiger partial charge is 0.395 e. The first-order valence-corrected chi connectivity index (χ1v) is 13.0. The van der Waals surface area contributed by atoms with E-state index in [9.17, 15) is 14.7 Å². The average molecular weight is 539 g/mol. The van der Waals surface area contributed by atoms with E-state index in [4.69, 9.17) is 23.2 Å². The molecule has 3 N–H and O–H groups in total. The van der Waals surface area contributed by atoms with Gasteiger partial charge in [0.15, 0.2) is 0 Å². The van der Waals surface area contributed by atoms with Crippen molar-refractivity contribution in [2.75, 3.05) is 50.0 Å². The van der Waals surface area contributed by atoms with Gasteiger partial charge in [0.1, 0.15) is 5.54 Å². The highest BCUT2D eigenvalue weighted by molar-refractivity contribution is 6.31. The summed E-state index contributed by atoms with van der Waals surface area (Å²) < 4.78 is 0. The van der Waals surface area contributed by atoms with E-state index in [1.54, 1.807) is 24.3 Å². The Kier molecular flexibility index (Phi) is 7.40. The highest BCUT2D eigenvalue weighted by Crippen LogP contribution is 2.43. The second kappa shape index (κ2) is 10.7. The number of nitrogens with one attached hydrogen (secondary N) is 2. The molecule has 1 atom stereocenters. The van der Waals surface area contributed by atoms with Crippen LogP contribution >= 0.6 is 23.2 Å². The molecule has 0 aromatic heterocycles. The summed E-state index contributed by atoms with van der Waals surface area (Å²) in [5.41, 5.74) is 2.16. The van der Waals surface area contributed by atoms with E-state index in [0.29, 0.717) is 66.1 Å². The maximum atomic E-state index is 13.7. The van der Waals surface area contributed by atoms with Crippen LogP contribution in [-0.4, -0.2) is 66.1 Å². The number of benzene rings is 3. The lowest BCUT2D eigenvalue weighted by molar-refractivity contribution is -0.119. The monoisotopic (exact) mass is 538 g/mol. The van der Waals surface area contributed by atoms with Crippen molar-refractivity contribution in [2.45, 2.75) is 12.0 Å². The molecule has 9 heteroatoms. The van der Waals surface area contributed by atoms with E-state index in [0.717, 1.165) is 11.1 Å². The zero-order chi connectivity index (χ0) is 26.0. The molecule has 2 aliphatic heterocycles. The molecule has 0 aliphatic carbocycles. The fourth-order valence-corrected chi connectivity index (χ4v) is 5.52. The summed E-state index contributed by atoms with van der Waals surface area (Å²) in [6, 6.07) is 20.1. The lowest BCUT2D eigenvalue weighted by Gasteiger charge is -2.35. The molecule has 7 nitrogen and oxygen atoms in total. The van der Waals surface area contributed by atoms with Gasteiger partial charge in [0, 0.05) is 66.1 Å². The van der Waals surface area contributed by atoms with Crippen LogP contribution < -0.4 is 10.6 Å². The molecule has 3 aromatic carbocycles. The number of nitrogens with zero attached hydrogens (tertiary/aromatic N) is 2. The molecule has 1 fully saturated rings. The zero-order valence-corrected chi connectivity index (χ0v) is 21.7. The highest BCUT2D eigenvalue weighted by Gasteiger charge is 2.47. The Morgan fingerprint density at radius 1 is 0.973 bits per heavy atom. The molecule has 2 heterocycles. The number of para-hydroxylation sites is 1. The molecule has 37 heavy (non-hydrogen) atoms. The summed E-state index contributed by atoms with van der Waals surface area (Å²) in [5, 5.41) is 16.8. The van der Waals surface area contributed by atoms with Crippen LogP contribution in [0, 0.1) is 0 Å². The standard InChI is InChI=1S/C28H28Cl2N4O3/c29-20-5-3-4-19(16-20)18-28(23-9-8-21(30)17-25(23)31-27(28)37)32-24-7-2-1-6-22(24)26(36)34-12-10-33(11-13-34)14-15-35/h1-9,16-17,32,35H,10-15,18H2,(H,31,37). The van der Waals surface area contributed by atoms with Crippen molar-refractivity contribution in [1.82, 2.24) is 9.80 Å². The van der Waals surface area contributed by atoms with Crippen molar-refractivity contribution in [2.24, 2.45) is 0 Å². The van der Waals surface area contributed by atoms with Gasteiger partial charge in [-0.05, 0) is 42.0 Å². The van der Waals surface area contributed by atoms with Crippen LogP contribution in [0.3, 0.4) is 0 Å². The highest BCUT2D eigenvalue weighted by atomic mass is 35.5. The minimum absolute atomic E-state index is 0.0978. The lowest BCUT2D eigenvalue weighted by atomic mass is 9.84. The molecule has 3 aromatic rings. The van der Waals surface area contributed by atoms with Gasteiger partial charge >= 0.3 is 0 Å². The van der Waals surface area contributed by atoms with Crippen LogP contribution in [0.25, 0.3) is 0 Å². The summed E-state index contributed by atoms with van der Waals surface area (Å²) in [4.78, 5) is 31.2. The van der Waals surface area contributed by atoms with Gasteiger partial charge < -0.3 is 20.6 Å². The second-order valence-electron chi connectivity index (χ2n) is 9.38. The van der Waals surface area contributed by atoms with Crippen molar-refractivity contribution >= 4 is 46.4 Å². The van der Waals surface area contributed by atoms with E-state index < -0.39 is 5.54 Å². The number of amides is 2. The molecule has 0 radical (unpaired) electrons. The molecular weight excluding hydrogens is 511 g/mol. The first-order valence-electron chi connectivity index (χ1n) is 12.3. The molecule has 0 saturated carbocycles. The number of β-amino-alcohol motifs (C(OH)–C–C–N with tert-alkyl or cyclic N) is 1. The Balaban J connectivity index is 1.51. The zero-order valence-electron chi connectivity index (χ0n) is 20.2. The van der Waals surface area contributed by atoms with Gasteiger partial charge in [-0.1, -0.05) is 53.5 Å². The third kappa shape index (κ3) is 5.18. The van der Waals surface area contributed by atoms with Crippen molar-refractivity contribution in [1.29, 1.82) is 0 Å². The van der Waals surface area contributed by atoms with Crippen LogP contribution in [0.15, 0.2) is 66.7 Å². The normalized spacial score (nSPS) is 19.4. The Hall–Kier alpha value is -3.10. The summed E-state index contributed by atoms with van der Waals surface area (Å²) in [5.74, 6) is -0.330. The maximum absolute atomic E-state index is 13.7. The summed E-state index contributed by atoms with van der Waals surface area (Å²) in [6.45, 7) is 3.26. The molecule has 1 saturated heterocycles. The summed E-state index contributed by atoms with van der Waals surface area (Å²) in [7, 11) is 0. The first kappa shape index (κ1) is 25.5. The molecule has 2 amide bonds. The SMILES string of the molecule is O=C(c1ccccc1NC1(Cc2cccc(Cl)c2)C(=O)Nc2cc(Cl)ccc21)N1CCN(CCO)CC1. The van der Waals surface area contributed by atoms with Gasteiger partial charge in [0.25, 0.3) is 11.8 Å². The number of rotatable bonds is 7. The second-order valence-corrected chi connectivity index (χ2v) is 10.3. The van der Waals surface area contributed by atoms with E-state index in [-0.39, 0.29) is 18.4 Å². The number of anilines is 2. The maximum Gasteiger partial charge on any atom is 0.256 e. The van der Waals surface area contributed by atoms with Crippen LogP contribution in [0.1, 0.15) is 21.5 Å².